The second-order valence-electron chi connectivity index (χ2n) is 3.57. The molecule has 0 bridgehead atoms. The lowest BCUT2D eigenvalue weighted by Gasteiger charge is -2.14. The Balaban J connectivity index is 2.60. The second kappa shape index (κ2) is 6.20. The molecule has 1 heterocycles. The molecule has 0 saturated heterocycles. The number of hydrogen-bond donors (Lipinski definition) is 3. The first kappa shape index (κ1) is 14.2. The predicted octanol–water partition coefficient (Wildman–Crippen LogP) is -0.0249. The van der Waals surface area contributed by atoms with Gasteiger partial charge >= 0.3 is 0 Å². The van der Waals surface area contributed by atoms with E-state index in [0.29, 0.717) is 16.6 Å². The van der Waals surface area contributed by atoms with Crippen LogP contribution < -0.4 is 16.4 Å². The third kappa shape index (κ3) is 3.33. The summed E-state index contributed by atoms with van der Waals surface area (Å²) in [5, 5.41) is 5.90. The number of aromatic nitrogens is 1. The highest BCUT2D eigenvalue weighted by atomic mass is 32.1. The molecule has 1 aromatic rings. The quantitative estimate of drug-likeness (QED) is 0.698. The van der Waals surface area contributed by atoms with Gasteiger partial charge in [0.25, 0.3) is 5.91 Å². The van der Waals surface area contributed by atoms with Gasteiger partial charge in [0.1, 0.15) is 10.7 Å². The van der Waals surface area contributed by atoms with Crippen LogP contribution in [0.15, 0.2) is 0 Å². The van der Waals surface area contributed by atoms with Gasteiger partial charge in [-0.1, -0.05) is 11.3 Å². The van der Waals surface area contributed by atoms with Gasteiger partial charge in [0.2, 0.25) is 5.91 Å². The average molecular weight is 271 g/mol. The molecule has 1 aromatic heterocycles. The predicted molar refractivity (Wildman–Crippen MR) is 71.7 cm³/mol. The van der Waals surface area contributed by atoms with E-state index in [1.54, 1.807) is 14.1 Å². The van der Waals surface area contributed by atoms with Crippen molar-refractivity contribution in [2.75, 3.05) is 38.2 Å². The Morgan fingerprint density at radius 2 is 2.17 bits per heavy atom. The van der Waals surface area contributed by atoms with E-state index in [0.717, 1.165) is 11.3 Å². The number of thiazole rings is 1. The molecule has 2 amide bonds. The Hall–Kier alpha value is -1.83. The lowest BCUT2D eigenvalue weighted by Crippen LogP contribution is -2.37. The fraction of sp³-hybridized carbons (Fsp3) is 0.500. The van der Waals surface area contributed by atoms with Crippen molar-refractivity contribution in [1.29, 1.82) is 0 Å². The third-order valence-electron chi connectivity index (χ3n) is 2.37. The van der Waals surface area contributed by atoms with Gasteiger partial charge in [0.05, 0.1) is 6.54 Å². The van der Waals surface area contributed by atoms with Crippen molar-refractivity contribution in [1.82, 2.24) is 15.2 Å². The minimum atomic E-state index is -0.385. The first-order valence-electron chi connectivity index (χ1n) is 5.45. The average Bonchev–Trinajstić information content (AvgIpc) is 2.75. The van der Waals surface area contributed by atoms with Crippen molar-refractivity contribution in [3.63, 3.8) is 0 Å². The first-order valence-corrected chi connectivity index (χ1v) is 6.27. The van der Waals surface area contributed by atoms with Crippen molar-refractivity contribution in [3.05, 3.63) is 4.88 Å². The number of carbonyl (C=O) groups is 2. The number of nitrogens with two attached hydrogens (primary N) is 1. The summed E-state index contributed by atoms with van der Waals surface area (Å²) in [5.74, 6) is -0.370. The zero-order valence-electron chi connectivity index (χ0n) is 10.6. The maximum absolute atomic E-state index is 11.8. The van der Waals surface area contributed by atoms with Gasteiger partial charge in [-0.25, -0.2) is 4.98 Å². The molecule has 0 unspecified atom stereocenters. The Morgan fingerprint density at radius 3 is 2.67 bits per heavy atom. The summed E-state index contributed by atoms with van der Waals surface area (Å²) in [7, 11) is 3.37. The van der Waals surface area contributed by atoms with Gasteiger partial charge in [-0.05, 0) is 6.92 Å². The van der Waals surface area contributed by atoms with Crippen molar-refractivity contribution in [3.8, 4) is 0 Å². The lowest BCUT2D eigenvalue weighted by molar-refractivity contribution is -0.128. The van der Waals surface area contributed by atoms with Gasteiger partial charge in [0.15, 0.2) is 5.13 Å². The van der Waals surface area contributed by atoms with Crippen molar-refractivity contribution in [2.24, 2.45) is 0 Å². The number of hydrogen-bond acceptors (Lipinski definition) is 6. The molecule has 1 rings (SSSR count). The molecule has 4 N–H and O–H groups in total. The summed E-state index contributed by atoms with van der Waals surface area (Å²) >= 11 is 1.15. The zero-order chi connectivity index (χ0) is 13.7. The van der Waals surface area contributed by atoms with Crippen molar-refractivity contribution >= 4 is 34.1 Å². The molecule has 18 heavy (non-hydrogen) atoms. The molecule has 0 aliphatic heterocycles. The molecule has 0 aromatic carbocycles. The van der Waals surface area contributed by atoms with Crippen LogP contribution in [0.25, 0.3) is 0 Å². The topological polar surface area (TPSA) is 100 Å². The maximum atomic E-state index is 11.8. The molecular weight excluding hydrogens is 254 g/mol. The van der Waals surface area contributed by atoms with Gasteiger partial charge in [0, 0.05) is 20.6 Å². The molecule has 100 valence electrons. The molecule has 0 spiro atoms. The summed E-state index contributed by atoms with van der Waals surface area (Å²) in [6, 6.07) is 0. The molecule has 0 saturated carbocycles. The van der Waals surface area contributed by atoms with Crippen LogP contribution in [0.3, 0.4) is 0 Å². The van der Waals surface area contributed by atoms with E-state index >= 15 is 0 Å². The smallest absolute Gasteiger partial charge is 0.265 e. The van der Waals surface area contributed by atoms with Crippen molar-refractivity contribution in [2.45, 2.75) is 6.92 Å². The molecule has 0 radical (unpaired) electrons. The van der Waals surface area contributed by atoms with E-state index in [2.05, 4.69) is 15.6 Å². The zero-order valence-corrected chi connectivity index (χ0v) is 11.4. The van der Waals surface area contributed by atoms with E-state index < -0.39 is 0 Å². The molecule has 0 fully saturated rings. The SMILES string of the molecule is CCN(C)C(=O)CNC(=O)c1sc(NC)nc1N. The van der Waals surface area contributed by atoms with Gasteiger partial charge in [-0.2, -0.15) is 0 Å². The highest BCUT2D eigenvalue weighted by Crippen LogP contribution is 2.23. The van der Waals surface area contributed by atoms with E-state index in [-0.39, 0.29) is 24.2 Å². The number of anilines is 2. The molecule has 0 aliphatic carbocycles. The van der Waals surface area contributed by atoms with Crippen LogP contribution in [0.4, 0.5) is 10.9 Å². The van der Waals surface area contributed by atoms with Crippen LogP contribution >= 0.6 is 11.3 Å². The second-order valence-corrected chi connectivity index (χ2v) is 4.57. The van der Waals surface area contributed by atoms with Crippen LogP contribution in [0.2, 0.25) is 0 Å². The summed E-state index contributed by atoms with van der Waals surface area (Å²) in [5.41, 5.74) is 5.61. The Morgan fingerprint density at radius 1 is 1.50 bits per heavy atom. The molecule has 7 nitrogen and oxygen atoms in total. The fourth-order valence-electron chi connectivity index (χ4n) is 1.15. The highest BCUT2D eigenvalue weighted by Gasteiger charge is 2.17. The Kier molecular flexibility index (Phi) is 4.90. The molecule has 0 aliphatic rings. The largest absolute Gasteiger partial charge is 0.382 e. The highest BCUT2D eigenvalue weighted by molar-refractivity contribution is 7.18. The Bertz CT molecular complexity index is 445. The normalized spacial score (nSPS) is 9.94. The van der Waals surface area contributed by atoms with Crippen LogP contribution in [0.1, 0.15) is 16.6 Å². The van der Waals surface area contributed by atoms with Crippen LogP contribution in [0, 0.1) is 0 Å². The standard InChI is InChI=1S/C10H17N5O2S/c1-4-15(3)6(16)5-13-9(17)7-8(11)14-10(12-2)18-7/h4-5,11H2,1-3H3,(H,12,14)(H,13,17). The number of nitrogen functional groups attached to an aromatic ring is 1. The monoisotopic (exact) mass is 271 g/mol. The number of nitrogens with one attached hydrogen (secondary N) is 2. The van der Waals surface area contributed by atoms with E-state index in [9.17, 15) is 9.59 Å². The fourth-order valence-corrected chi connectivity index (χ4v) is 1.90. The summed E-state index contributed by atoms with van der Waals surface area (Å²) in [6.45, 7) is 2.41. The lowest BCUT2D eigenvalue weighted by atomic mass is 10.4. The summed E-state index contributed by atoms with van der Waals surface area (Å²) < 4.78 is 0. The van der Waals surface area contributed by atoms with E-state index in [1.165, 1.54) is 4.90 Å². The summed E-state index contributed by atoms with van der Waals surface area (Å²) in [6.07, 6.45) is 0. The van der Waals surface area contributed by atoms with Gasteiger partial charge in [-0.15, -0.1) is 0 Å². The minimum Gasteiger partial charge on any atom is -0.382 e. The van der Waals surface area contributed by atoms with E-state index in [1.807, 2.05) is 6.92 Å². The number of likely N-dealkylation sites (N-methyl/N-ethyl adjacent to an activating group) is 1. The van der Waals surface area contributed by atoms with Crippen LogP contribution in [-0.4, -0.2) is 48.9 Å². The van der Waals surface area contributed by atoms with Crippen LogP contribution in [-0.2, 0) is 4.79 Å². The Labute approximate surface area is 109 Å². The first-order chi connectivity index (χ1) is 8.49. The number of nitrogens with zero attached hydrogens (tertiary/aromatic N) is 2. The maximum Gasteiger partial charge on any atom is 0.265 e. The molecule has 8 heteroatoms. The van der Waals surface area contributed by atoms with Crippen molar-refractivity contribution < 1.29 is 9.59 Å². The van der Waals surface area contributed by atoms with Crippen LogP contribution in [0.5, 0.6) is 0 Å². The van der Waals surface area contributed by atoms with E-state index in [4.69, 9.17) is 5.73 Å². The number of carbonyl (C=O) groups excluding carboxylic acids is 2. The number of amides is 2. The van der Waals surface area contributed by atoms with Gasteiger partial charge < -0.3 is 21.3 Å². The number of rotatable bonds is 5. The third-order valence-corrected chi connectivity index (χ3v) is 3.46. The molecular formula is C10H17N5O2S. The summed E-state index contributed by atoms with van der Waals surface area (Å²) in [4.78, 5) is 29.1. The molecule has 0 atom stereocenters. The van der Waals surface area contributed by atoms with Gasteiger partial charge in [-0.3, -0.25) is 9.59 Å². The minimum absolute atomic E-state index is 0.0462.